The summed E-state index contributed by atoms with van der Waals surface area (Å²) in [5.74, 6) is 0.674. The van der Waals surface area contributed by atoms with Gasteiger partial charge in [0.1, 0.15) is 17.5 Å². The molecule has 0 radical (unpaired) electrons. The minimum absolute atomic E-state index is 0.134. The van der Waals surface area contributed by atoms with Gasteiger partial charge in [0.2, 0.25) is 0 Å². The van der Waals surface area contributed by atoms with Crippen molar-refractivity contribution in [1.29, 1.82) is 0 Å². The molecule has 0 unspecified atom stereocenters. The van der Waals surface area contributed by atoms with Crippen LogP contribution in [0.4, 0.5) is 10.2 Å². The number of benzene rings is 2. The smallest absolute Gasteiger partial charge is 0.254 e. The van der Waals surface area contributed by atoms with Crippen molar-refractivity contribution in [3.63, 3.8) is 0 Å². The molecule has 1 saturated heterocycles. The highest BCUT2D eigenvalue weighted by Gasteiger charge is 2.23. The normalized spacial score (nSPS) is 15.1. The van der Waals surface area contributed by atoms with Crippen LogP contribution in [-0.4, -0.2) is 51.9 Å². The number of carbonyl (C=O) groups is 1. The number of aromatic nitrogens is 2. The Morgan fingerprint density at radius 3 is 2.61 bits per heavy atom. The fraction of sp³-hybridized carbons (Fsp3) is 0.286. The summed E-state index contributed by atoms with van der Waals surface area (Å²) in [6, 6.07) is 12.3. The van der Waals surface area contributed by atoms with Crippen LogP contribution in [0.2, 0.25) is 0 Å². The summed E-state index contributed by atoms with van der Waals surface area (Å²) in [6.07, 6.45) is 0. The van der Waals surface area contributed by atoms with E-state index < -0.39 is 0 Å². The summed E-state index contributed by atoms with van der Waals surface area (Å²) in [4.78, 5) is 25.6. The molecule has 2 heterocycles. The second-order valence-corrected chi connectivity index (χ2v) is 7.07. The van der Waals surface area contributed by atoms with Gasteiger partial charge in [0.25, 0.3) is 5.91 Å². The third-order valence-corrected chi connectivity index (χ3v) is 5.12. The molecule has 0 atom stereocenters. The number of nitrogens with zero attached hydrogens (tertiary/aromatic N) is 4. The number of anilines is 1. The molecule has 1 fully saturated rings. The second kappa shape index (κ2) is 7.52. The van der Waals surface area contributed by atoms with Crippen LogP contribution in [-0.2, 0) is 6.54 Å². The van der Waals surface area contributed by atoms with Crippen LogP contribution >= 0.6 is 0 Å². The molecule has 1 amide bonds. The molecule has 7 heteroatoms. The number of fused-ring (bicyclic) bond motifs is 1. The average Bonchev–Trinajstić information content (AvgIpc) is 2.70. The van der Waals surface area contributed by atoms with Crippen molar-refractivity contribution in [2.75, 3.05) is 31.9 Å². The first kappa shape index (κ1) is 18.3. The van der Waals surface area contributed by atoms with E-state index in [9.17, 15) is 9.18 Å². The fourth-order valence-electron chi connectivity index (χ4n) is 3.44. The average molecular weight is 379 g/mol. The zero-order chi connectivity index (χ0) is 19.7. The Balaban J connectivity index is 1.40. The molecule has 4 rings (SSSR count). The molecule has 0 bridgehead atoms. The van der Waals surface area contributed by atoms with E-state index in [2.05, 4.69) is 14.9 Å². The number of aryl methyl sites for hydroxylation is 1. The monoisotopic (exact) mass is 379 g/mol. The van der Waals surface area contributed by atoms with Gasteiger partial charge in [0.05, 0.1) is 12.1 Å². The summed E-state index contributed by atoms with van der Waals surface area (Å²) in [5.41, 5.74) is 7.82. The van der Waals surface area contributed by atoms with E-state index in [-0.39, 0.29) is 11.7 Å². The number of hydrogen-bond acceptors (Lipinski definition) is 5. The van der Waals surface area contributed by atoms with E-state index in [1.165, 1.54) is 6.07 Å². The number of amides is 1. The van der Waals surface area contributed by atoms with Crippen LogP contribution in [0.25, 0.3) is 10.9 Å². The van der Waals surface area contributed by atoms with Gasteiger partial charge in [-0.3, -0.25) is 9.69 Å². The number of para-hydroxylation sites is 1. The Labute approximate surface area is 162 Å². The van der Waals surface area contributed by atoms with Crippen molar-refractivity contribution >= 4 is 22.6 Å². The van der Waals surface area contributed by atoms with Crippen molar-refractivity contribution in [3.8, 4) is 0 Å². The summed E-state index contributed by atoms with van der Waals surface area (Å²) >= 11 is 0. The van der Waals surface area contributed by atoms with Gasteiger partial charge >= 0.3 is 0 Å². The van der Waals surface area contributed by atoms with Gasteiger partial charge in [-0.05, 0) is 36.8 Å². The third kappa shape index (κ3) is 3.66. The fourth-order valence-corrected chi connectivity index (χ4v) is 3.44. The Morgan fingerprint density at radius 2 is 1.86 bits per heavy atom. The summed E-state index contributed by atoms with van der Waals surface area (Å²) in [7, 11) is 0. The summed E-state index contributed by atoms with van der Waals surface area (Å²) in [6.45, 7) is 4.83. The molecule has 0 aliphatic carbocycles. The lowest BCUT2D eigenvalue weighted by atomic mass is 10.1. The molecule has 1 aromatic heterocycles. The van der Waals surface area contributed by atoms with Crippen molar-refractivity contribution in [2.45, 2.75) is 13.5 Å². The lowest BCUT2D eigenvalue weighted by Gasteiger charge is -2.34. The predicted octanol–water partition coefficient (Wildman–Crippen LogP) is 2.62. The maximum Gasteiger partial charge on any atom is 0.254 e. The number of hydrogen-bond donors (Lipinski definition) is 1. The van der Waals surface area contributed by atoms with Gasteiger partial charge < -0.3 is 10.6 Å². The van der Waals surface area contributed by atoms with Crippen LogP contribution in [0.15, 0.2) is 42.5 Å². The van der Waals surface area contributed by atoms with E-state index in [1.54, 1.807) is 24.0 Å². The van der Waals surface area contributed by atoms with Gasteiger partial charge in [-0.15, -0.1) is 0 Å². The first-order valence-corrected chi connectivity index (χ1v) is 9.30. The molecule has 144 valence electrons. The van der Waals surface area contributed by atoms with Crippen LogP contribution in [0.5, 0.6) is 0 Å². The maximum atomic E-state index is 13.8. The molecule has 2 aromatic carbocycles. The van der Waals surface area contributed by atoms with Gasteiger partial charge in [0, 0.05) is 37.1 Å². The van der Waals surface area contributed by atoms with E-state index in [4.69, 9.17) is 5.73 Å². The van der Waals surface area contributed by atoms with E-state index >= 15 is 0 Å². The number of rotatable bonds is 3. The minimum atomic E-state index is -0.351. The predicted molar refractivity (Wildman–Crippen MR) is 106 cm³/mol. The molecule has 2 N–H and O–H groups in total. The molecule has 28 heavy (non-hydrogen) atoms. The molecule has 1 aliphatic rings. The molecular weight excluding hydrogens is 357 g/mol. The van der Waals surface area contributed by atoms with Crippen molar-refractivity contribution in [1.82, 2.24) is 19.8 Å². The first-order valence-electron chi connectivity index (χ1n) is 9.30. The standard InChI is InChI=1S/C21H22FN5O/c1-14-6-7-15(12-17(14)22)21(28)27-10-8-26(9-11-27)13-19-24-18-5-3-2-4-16(18)20(23)25-19/h2-7,12H,8-11,13H2,1H3,(H2,23,24,25). The molecule has 0 saturated carbocycles. The highest BCUT2D eigenvalue weighted by Crippen LogP contribution is 2.18. The van der Waals surface area contributed by atoms with Gasteiger partial charge in [-0.2, -0.15) is 0 Å². The minimum Gasteiger partial charge on any atom is -0.383 e. The number of carbonyl (C=O) groups excluding carboxylic acids is 1. The topological polar surface area (TPSA) is 75.4 Å². The maximum absolute atomic E-state index is 13.8. The van der Waals surface area contributed by atoms with Crippen molar-refractivity contribution in [2.24, 2.45) is 0 Å². The Morgan fingerprint density at radius 1 is 1.11 bits per heavy atom. The summed E-state index contributed by atoms with van der Waals surface area (Å²) in [5, 5.41) is 0.854. The van der Waals surface area contributed by atoms with Crippen molar-refractivity contribution in [3.05, 3.63) is 65.2 Å². The largest absolute Gasteiger partial charge is 0.383 e. The molecular formula is C21H22FN5O. The van der Waals surface area contributed by atoms with Gasteiger partial charge in [0.15, 0.2) is 0 Å². The molecule has 6 nitrogen and oxygen atoms in total. The Kier molecular flexibility index (Phi) is 4.92. The van der Waals surface area contributed by atoms with Crippen molar-refractivity contribution < 1.29 is 9.18 Å². The Hall–Kier alpha value is -3.06. The van der Waals surface area contributed by atoms with E-state index in [0.29, 0.717) is 55.5 Å². The zero-order valence-electron chi connectivity index (χ0n) is 15.7. The van der Waals surface area contributed by atoms with Crippen LogP contribution in [0.1, 0.15) is 21.7 Å². The first-order chi connectivity index (χ1) is 13.5. The van der Waals surface area contributed by atoms with E-state index in [1.807, 2.05) is 24.3 Å². The molecule has 0 spiro atoms. The molecule has 1 aliphatic heterocycles. The van der Waals surface area contributed by atoms with Crippen LogP contribution in [0, 0.1) is 12.7 Å². The van der Waals surface area contributed by atoms with Gasteiger partial charge in [-0.25, -0.2) is 14.4 Å². The lowest BCUT2D eigenvalue weighted by molar-refractivity contribution is 0.0625. The number of halogens is 1. The highest BCUT2D eigenvalue weighted by molar-refractivity contribution is 5.94. The second-order valence-electron chi connectivity index (χ2n) is 7.07. The number of piperazine rings is 1. The quantitative estimate of drug-likeness (QED) is 0.757. The number of nitrogen functional groups attached to an aromatic ring is 1. The summed E-state index contributed by atoms with van der Waals surface area (Å²) < 4.78 is 13.8. The van der Waals surface area contributed by atoms with E-state index in [0.717, 1.165) is 10.9 Å². The lowest BCUT2D eigenvalue weighted by Crippen LogP contribution is -2.48. The highest BCUT2D eigenvalue weighted by atomic mass is 19.1. The third-order valence-electron chi connectivity index (χ3n) is 5.12. The van der Waals surface area contributed by atoms with Crippen LogP contribution in [0.3, 0.4) is 0 Å². The molecule has 3 aromatic rings. The Bertz CT molecular complexity index is 1030. The number of nitrogens with two attached hydrogens (primary N) is 1. The van der Waals surface area contributed by atoms with Gasteiger partial charge in [-0.1, -0.05) is 18.2 Å². The zero-order valence-corrected chi connectivity index (χ0v) is 15.7. The van der Waals surface area contributed by atoms with Crippen LogP contribution < -0.4 is 5.73 Å². The SMILES string of the molecule is Cc1ccc(C(=O)N2CCN(Cc3nc(N)c4ccccc4n3)CC2)cc1F.